The number of carbonyl (C=O) groups excluding carboxylic acids is 2. The molecule has 0 radical (unpaired) electrons. The molecule has 0 saturated carbocycles. The molecule has 0 aliphatic heterocycles. The van der Waals surface area contributed by atoms with Crippen LogP contribution in [0.3, 0.4) is 0 Å². The van der Waals surface area contributed by atoms with Gasteiger partial charge in [-0.1, -0.05) is 18.2 Å². The van der Waals surface area contributed by atoms with Crippen molar-refractivity contribution >= 4 is 35.1 Å². The molecule has 168 valence electrons. The van der Waals surface area contributed by atoms with Crippen molar-refractivity contribution in [2.75, 3.05) is 26.0 Å². The Balaban J connectivity index is 1.66. The zero-order valence-corrected chi connectivity index (χ0v) is 18.6. The van der Waals surface area contributed by atoms with E-state index in [0.717, 1.165) is 39.2 Å². The minimum absolute atomic E-state index is 0.140. The van der Waals surface area contributed by atoms with E-state index in [9.17, 15) is 9.59 Å². The summed E-state index contributed by atoms with van der Waals surface area (Å²) in [4.78, 5) is 29.3. The first kappa shape index (κ1) is 23.2. The highest BCUT2D eigenvalue weighted by molar-refractivity contribution is 5.91. The van der Waals surface area contributed by atoms with Crippen LogP contribution in [0, 0.1) is 6.92 Å². The summed E-state index contributed by atoms with van der Waals surface area (Å²) >= 11 is 0. The van der Waals surface area contributed by atoms with Gasteiger partial charge in [0.05, 0.1) is 12.6 Å². The van der Waals surface area contributed by atoms with Crippen molar-refractivity contribution in [3.05, 3.63) is 65.1 Å². The minimum Gasteiger partial charge on any atom is -0.459 e. The largest absolute Gasteiger partial charge is 0.459 e. The van der Waals surface area contributed by atoms with Crippen molar-refractivity contribution in [3.8, 4) is 0 Å². The normalized spacial score (nSPS) is 12.2. The number of nitrogens with zero attached hydrogens (tertiary/aromatic N) is 2. The number of amides is 1. The Bertz CT molecular complexity index is 1120. The third-order valence-corrected chi connectivity index (χ3v) is 5.21. The van der Waals surface area contributed by atoms with Gasteiger partial charge in [-0.3, -0.25) is 4.79 Å². The van der Waals surface area contributed by atoms with Crippen LogP contribution in [0.4, 0.5) is 5.82 Å². The Kier molecular flexibility index (Phi) is 7.75. The highest BCUT2D eigenvalue weighted by Gasteiger charge is 2.14. The van der Waals surface area contributed by atoms with Gasteiger partial charge in [0, 0.05) is 56.0 Å². The first-order valence-corrected chi connectivity index (χ1v) is 10.4. The molecular weight excluding hydrogens is 406 g/mol. The number of rotatable bonds is 10. The van der Waals surface area contributed by atoms with Gasteiger partial charge in [-0.05, 0) is 30.7 Å². The van der Waals surface area contributed by atoms with Crippen LogP contribution in [0.2, 0.25) is 0 Å². The van der Waals surface area contributed by atoms with Gasteiger partial charge < -0.3 is 30.5 Å². The van der Waals surface area contributed by atoms with Gasteiger partial charge in [0.1, 0.15) is 23.4 Å². The van der Waals surface area contributed by atoms with Crippen LogP contribution in [0.15, 0.2) is 47.0 Å². The van der Waals surface area contributed by atoms with Gasteiger partial charge in [0.2, 0.25) is 5.91 Å². The first-order chi connectivity index (χ1) is 15.4. The predicted molar refractivity (Wildman–Crippen MR) is 126 cm³/mol. The maximum Gasteiger partial charge on any atom is 0.246 e. The van der Waals surface area contributed by atoms with E-state index in [4.69, 9.17) is 10.2 Å². The molecule has 4 N–H and O–H groups in total. The Morgan fingerprint density at radius 1 is 1.34 bits per heavy atom. The molecule has 0 bridgehead atoms. The monoisotopic (exact) mass is 435 g/mol. The summed E-state index contributed by atoms with van der Waals surface area (Å²) < 4.78 is 5.91. The Hall–Kier alpha value is -3.49. The standard InChI is InChI=1S/C24H29N5O3/c1-16-20-6-4-5-7-21(20)32-22(16)14-29(3)23(31)9-8-17-10-18(24(26-2)28-11-17)12-27-13-19(25)15-30/h4-11,15,19,27H,12-14,25H2,1-3H3,(H,26,28)/b9-8+. The second-order valence-corrected chi connectivity index (χ2v) is 7.63. The van der Waals surface area contributed by atoms with Crippen LogP contribution < -0.4 is 16.4 Å². The minimum atomic E-state index is -0.548. The number of hydrogen-bond donors (Lipinski definition) is 3. The molecule has 8 nitrogen and oxygen atoms in total. The molecule has 1 unspecified atom stereocenters. The number of aryl methyl sites for hydroxylation is 1. The number of anilines is 1. The molecule has 2 heterocycles. The van der Waals surface area contributed by atoms with Crippen LogP contribution in [0.5, 0.6) is 0 Å². The van der Waals surface area contributed by atoms with E-state index >= 15 is 0 Å². The topological polar surface area (TPSA) is 113 Å². The third-order valence-electron chi connectivity index (χ3n) is 5.21. The number of hydrogen-bond acceptors (Lipinski definition) is 7. The lowest BCUT2D eigenvalue weighted by Gasteiger charge is -2.14. The zero-order chi connectivity index (χ0) is 23.1. The average molecular weight is 436 g/mol. The van der Waals surface area contributed by atoms with Gasteiger partial charge in [-0.25, -0.2) is 4.98 Å². The molecule has 0 fully saturated rings. The first-order valence-electron chi connectivity index (χ1n) is 10.4. The Morgan fingerprint density at radius 2 is 2.12 bits per heavy atom. The lowest BCUT2D eigenvalue weighted by molar-refractivity contribution is -0.125. The predicted octanol–water partition coefficient (Wildman–Crippen LogP) is 2.47. The average Bonchev–Trinajstić information content (AvgIpc) is 3.12. The van der Waals surface area contributed by atoms with Crippen molar-refractivity contribution in [2.24, 2.45) is 5.73 Å². The fourth-order valence-corrected chi connectivity index (χ4v) is 3.37. The maximum atomic E-state index is 12.6. The van der Waals surface area contributed by atoms with Gasteiger partial charge in [0.25, 0.3) is 0 Å². The number of nitrogens with two attached hydrogens (primary N) is 1. The van der Waals surface area contributed by atoms with Crippen molar-refractivity contribution in [3.63, 3.8) is 0 Å². The second kappa shape index (κ2) is 10.7. The summed E-state index contributed by atoms with van der Waals surface area (Å²) in [6.07, 6.45) is 5.66. The summed E-state index contributed by atoms with van der Waals surface area (Å²) in [7, 11) is 3.53. The fourth-order valence-electron chi connectivity index (χ4n) is 3.37. The van der Waals surface area contributed by atoms with Crippen molar-refractivity contribution in [1.29, 1.82) is 0 Å². The number of para-hydroxylation sites is 1. The Labute approximate surface area is 187 Å². The number of carbonyl (C=O) groups is 2. The summed E-state index contributed by atoms with van der Waals surface area (Å²) in [5.74, 6) is 1.36. The van der Waals surface area contributed by atoms with Crippen molar-refractivity contribution < 1.29 is 14.0 Å². The highest BCUT2D eigenvalue weighted by atomic mass is 16.3. The number of pyridine rings is 1. The van der Waals surface area contributed by atoms with Crippen LogP contribution in [0.1, 0.15) is 22.5 Å². The molecule has 0 saturated heterocycles. The van der Waals surface area contributed by atoms with E-state index in [1.165, 1.54) is 6.08 Å². The molecule has 8 heteroatoms. The van der Waals surface area contributed by atoms with Gasteiger partial charge in [-0.2, -0.15) is 0 Å². The summed E-state index contributed by atoms with van der Waals surface area (Å²) in [5, 5.41) is 7.23. The fraction of sp³-hybridized carbons (Fsp3) is 0.292. The number of aldehydes is 1. The van der Waals surface area contributed by atoms with Crippen molar-refractivity contribution in [1.82, 2.24) is 15.2 Å². The van der Waals surface area contributed by atoms with E-state index in [-0.39, 0.29) is 5.91 Å². The van der Waals surface area contributed by atoms with Crippen LogP contribution in [-0.2, 0) is 22.7 Å². The summed E-state index contributed by atoms with van der Waals surface area (Å²) in [6, 6.07) is 9.23. The SMILES string of the molecule is CNc1ncc(/C=C/C(=O)N(C)Cc2oc3ccccc3c2C)cc1CNCC(N)C=O. The summed E-state index contributed by atoms with van der Waals surface area (Å²) in [6.45, 7) is 3.25. The molecule has 1 amide bonds. The zero-order valence-electron chi connectivity index (χ0n) is 18.6. The van der Waals surface area contributed by atoms with Gasteiger partial charge in [-0.15, -0.1) is 0 Å². The number of benzene rings is 1. The van der Waals surface area contributed by atoms with E-state index in [1.807, 2.05) is 37.3 Å². The molecule has 1 atom stereocenters. The molecular formula is C24H29N5O3. The van der Waals surface area contributed by atoms with E-state index in [0.29, 0.717) is 25.9 Å². The molecule has 2 aromatic heterocycles. The highest BCUT2D eigenvalue weighted by Crippen LogP contribution is 2.25. The van der Waals surface area contributed by atoms with Crippen LogP contribution in [0.25, 0.3) is 17.0 Å². The molecule has 1 aromatic carbocycles. The number of fused-ring (bicyclic) bond motifs is 1. The number of nitrogens with one attached hydrogen (secondary N) is 2. The molecule has 0 aliphatic carbocycles. The molecule has 3 aromatic rings. The quantitative estimate of drug-likeness (QED) is 0.331. The third kappa shape index (κ3) is 5.60. The van der Waals surface area contributed by atoms with E-state index in [1.54, 1.807) is 31.3 Å². The van der Waals surface area contributed by atoms with E-state index < -0.39 is 6.04 Å². The van der Waals surface area contributed by atoms with E-state index in [2.05, 4.69) is 15.6 Å². The molecule has 32 heavy (non-hydrogen) atoms. The van der Waals surface area contributed by atoms with Crippen LogP contribution in [-0.4, -0.2) is 48.8 Å². The van der Waals surface area contributed by atoms with Gasteiger partial charge >= 0.3 is 0 Å². The lowest BCUT2D eigenvalue weighted by Crippen LogP contribution is -2.34. The second-order valence-electron chi connectivity index (χ2n) is 7.63. The lowest BCUT2D eigenvalue weighted by atomic mass is 10.1. The smallest absolute Gasteiger partial charge is 0.246 e. The molecule has 0 spiro atoms. The number of furan rings is 1. The molecule has 0 aliphatic rings. The van der Waals surface area contributed by atoms with Crippen molar-refractivity contribution in [2.45, 2.75) is 26.1 Å². The maximum absolute atomic E-state index is 12.6. The Morgan fingerprint density at radius 3 is 2.84 bits per heavy atom. The number of aromatic nitrogens is 1. The van der Waals surface area contributed by atoms with Gasteiger partial charge in [0.15, 0.2) is 0 Å². The number of likely N-dealkylation sites (N-methyl/N-ethyl adjacent to an activating group) is 1. The van der Waals surface area contributed by atoms with Crippen LogP contribution >= 0.6 is 0 Å². The summed E-state index contributed by atoms with van der Waals surface area (Å²) in [5.41, 5.74) is 9.18. The molecule has 3 rings (SSSR count).